The fraction of sp³-hybridized carbons (Fsp3) is 0.375. The third kappa shape index (κ3) is 6.38. The highest BCUT2D eigenvalue weighted by Gasteiger charge is 2.22. The number of benzene rings is 2. The normalized spacial score (nSPS) is 13.6. The summed E-state index contributed by atoms with van der Waals surface area (Å²) in [4.78, 5) is 29.2. The second-order valence-corrected chi connectivity index (χ2v) is 10.3. The van der Waals surface area contributed by atoms with E-state index in [9.17, 15) is 9.59 Å². The number of rotatable bonds is 11. The molecule has 0 bridgehead atoms. The average Bonchev–Trinajstić information content (AvgIpc) is 3.46. The number of aryl methyl sites for hydroxylation is 2. The molecule has 5 rings (SSSR count). The molecular formula is C32H38N6O4. The predicted octanol–water partition coefficient (Wildman–Crippen LogP) is 5.09. The van der Waals surface area contributed by atoms with Crippen LogP contribution in [0.4, 0.5) is 10.5 Å². The standard InChI is InChI=1S/C32H38N6O4/c1-4-28-26(30(36-24-11-13-42-14-12-24)27-19-35-38(5-2)31(27)37-28)18-34-32(40)33-17-21-9-10-29(41-3)25(16-21)23-8-6-7-22(15-23)20-39/h6-10,15-16,19-20,24H,4-5,11-14,17-18H2,1-3H3,(H,36,37)(H2,33,34,40). The van der Waals surface area contributed by atoms with Crippen molar-refractivity contribution in [3.63, 3.8) is 0 Å². The summed E-state index contributed by atoms with van der Waals surface area (Å²) in [5.74, 6) is 0.692. The molecule has 0 atom stereocenters. The highest BCUT2D eigenvalue weighted by molar-refractivity contribution is 5.92. The van der Waals surface area contributed by atoms with Gasteiger partial charge in [-0.2, -0.15) is 5.10 Å². The largest absolute Gasteiger partial charge is 0.496 e. The molecular weight excluding hydrogens is 532 g/mol. The molecule has 3 N–H and O–H groups in total. The van der Waals surface area contributed by atoms with Crippen LogP contribution >= 0.6 is 0 Å². The number of hydrogen-bond acceptors (Lipinski definition) is 7. The van der Waals surface area contributed by atoms with E-state index in [4.69, 9.17) is 14.5 Å². The topological polar surface area (TPSA) is 119 Å². The summed E-state index contributed by atoms with van der Waals surface area (Å²) >= 11 is 0. The van der Waals surface area contributed by atoms with Gasteiger partial charge in [-0.15, -0.1) is 0 Å². The van der Waals surface area contributed by atoms with Gasteiger partial charge in [0.2, 0.25) is 0 Å². The van der Waals surface area contributed by atoms with Gasteiger partial charge in [-0.05, 0) is 55.5 Å². The molecule has 4 aromatic rings. The van der Waals surface area contributed by atoms with Crippen molar-refractivity contribution in [2.75, 3.05) is 25.6 Å². The Kier molecular flexibility index (Phi) is 9.33. The van der Waals surface area contributed by atoms with Crippen molar-refractivity contribution in [3.05, 3.63) is 71.0 Å². The molecule has 0 spiro atoms. The molecule has 0 aliphatic carbocycles. The number of pyridine rings is 1. The SMILES string of the molecule is CCc1nc2c(cnn2CC)c(NC2CCOCC2)c1CNC(=O)NCc1ccc(OC)c(-c2cccc(C=O)c2)c1. The lowest BCUT2D eigenvalue weighted by atomic mass is 10.00. The summed E-state index contributed by atoms with van der Waals surface area (Å²) in [5.41, 5.74) is 6.96. The van der Waals surface area contributed by atoms with Crippen molar-refractivity contribution in [1.29, 1.82) is 0 Å². The smallest absolute Gasteiger partial charge is 0.315 e. The molecule has 0 unspecified atom stereocenters. The van der Waals surface area contributed by atoms with Crippen molar-refractivity contribution < 1.29 is 19.1 Å². The van der Waals surface area contributed by atoms with Crippen LogP contribution in [0.25, 0.3) is 22.2 Å². The minimum Gasteiger partial charge on any atom is -0.496 e. The molecule has 1 fully saturated rings. The van der Waals surface area contributed by atoms with Gasteiger partial charge < -0.3 is 25.4 Å². The van der Waals surface area contributed by atoms with Gasteiger partial charge >= 0.3 is 6.03 Å². The Morgan fingerprint density at radius 1 is 1.12 bits per heavy atom. The minimum absolute atomic E-state index is 0.279. The van der Waals surface area contributed by atoms with Gasteiger partial charge in [0.25, 0.3) is 0 Å². The fourth-order valence-corrected chi connectivity index (χ4v) is 5.38. The Bertz CT molecular complexity index is 1560. The lowest BCUT2D eigenvalue weighted by molar-refractivity contribution is 0.0904. The first kappa shape index (κ1) is 29.1. The molecule has 220 valence electrons. The van der Waals surface area contributed by atoms with Gasteiger partial charge in [0.1, 0.15) is 12.0 Å². The fourth-order valence-electron chi connectivity index (χ4n) is 5.38. The monoisotopic (exact) mass is 570 g/mol. The number of hydrogen-bond donors (Lipinski definition) is 3. The van der Waals surface area contributed by atoms with E-state index in [0.717, 1.165) is 90.0 Å². The van der Waals surface area contributed by atoms with Crippen molar-refractivity contribution in [3.8, 4) is 16.9 Å². The lowest BCUT2D eigenvalue weighted by Crippen LogP contribution is -2.35. The minimum atomic E-state index is -0.279. The summed E-state index contributed by atoms with van der Waals surface area (Å²) < 4.78 is 13.0. The van der Waals surface area contributed by atoms with Crippen molar-refractivity contribution in [1.82, 2.24) is 25.4 Å². The molecule has 10 nitrogen and oxygen atoms in total. The Balaban J connectivity index is 1.32. The maximum absolute atomic E-state index is 13.0. The zero-order valence-corrected chi connectivity index (χ0v) is 24.4. The third-order valence-electron chi connectivity index (χ3n) is 7.65. The van der Waals surface area contributed by atoms with E-state index in [0.29, 0.717) is 24.4 Å². The van der Waals surface area contributed by atoms with Crippen LogP contribution in [0.3, 0.4) is 0 Å². The Labute approximate surface area is 245 Å². The molecule has 2 aromatic carbocycles. The van der Waals surface area contributed by atoms with Crippen molar-refractivity contribution in [2.45, 2.75) is 58.8 Å². The Hall–Kier alpha value is -4.44. The number of carbonyl (C=O) groups is 2. The number of nitrogens with zero attached hydrogens (tertiary/aromatic N) is 3. The summed E-state index contributed by atoms with van der Waals surface area (Å²) in [6.07, 6.45) is 5.26. The van der Waals surface area contributed by atoms with E-state index < -0.39 is 0 Å². The number of aldehydes is 1. The second-order valence-electron chi connectivity index (χ2n) is 10.3. The number of aromatic nitrogens is 3. The molecule has 1 aliphatic rings. The molecule has 0 radical (unpaired) electrons. The zero-order chi connectivity index (χ0) is 29.5. The van der Waals surface area contributed by atoms with Gasteiger partial charge in [0.05, 0.1) is 24.4 Å². The molecule has 2 amide bonds. The molecule has 42 heavy (non-hydrogen) atoms. The van der Waals surface area contributed by atoms with Crippen LogP contribution in [-0.4, -0.2) is 53.4 Å². The number of methoxy groups -OCH3 is 1. The summed E-state index contributed by atoms with van der Waals surface area (Å²) in [6, 6.07) is 13.1. The highest BCUT2D eigenvalue weighted by Crippen LogP contribution is 2.32. The van der Waals surface area contributed by atoms with Gasteiger partial charge in [0, 0.05) is 61.3 Å². The number of nitrogens with one attached hydrogen (secondary N) is 3. The second kappa shape index (κ2) is 13.5. The molecule has 0 saturated carbocycles. The number of anilines is 1. The van der Waals surface area contributed by atoms with E-state index in [2.05, 4.69) is 34.9 Å². The van der Waals surface area contributed by atoms with Crippen LogP contribution in [0.1, 0.15) is 53.9 Å². The van der Waals surface area contributed by atoms with Crippen LogP contribution in [0.15, 0.2) is 48.7 Å². The first-order chi connectivity index (χ1) is 20.5. The maximum atomic E-state index is 13.0. The first-order valence-electron chi connectivity index (χ1n) is 14.5. The highest BCUT2D eigenvalue weighted by atomic mass is 16.5. The first-order valence-corrected chi connectivity index (χ1v) is 14.5. The van der Waals surface area contributed by atoms with E-state index in [1.807, 2.05) is 47.3 Å². The number of ether oxygens (including phenoxy) is 2. The maximum Gasteiger partial charge on any atom is 0.315 e. The third-order valence-corrected chi connectivity index (χ3v) is 7.65. The van der Waals surface area contributed by atoms with Crippen LogP contribution < -0.4 is 20.7 Å². The van der Waals surface area contributed by atoms with Gasteiger partial charge in [0.15, 0.2) is 5.65 Å². The zero-order valence-electron chi connectivity index (χ0n) is 24.4. The number of amides is 2. The molecule has 1 aliphatic heterocycles. The van der Waals surface area contributed by atoms with Crippen LogP contribution in [0.2, 0.25) is 0 Å². The predicted molar refractivity (Wildman–Crippen MR) is 163 cm³/mol. The quantitative estimate of drug-likeness (QED) is 0.215. The molecule has 2 aromatic heterocycles. The van der Waals surface area contributed by atoms with E-state index in [1.54, 1.807) is 13.2 Å². The van der Waals surface area contributed by atoms with Crippen LogP contribution in [0.5, 0.6) is 5.75 Å². The number of urea groups is 1. The van der Waals surface area contributed by atoms with Gasteiger partial charge in [-0.1, -0.05) is 31.2 Å². The summed E-state index contributed by atoms with van der Waals surface area (Å²) in [7, 11) is 1.61. The molecule has 3 heterocycles. The number of fused-ring (bicyclic) bond motifs is 1. The Morgan fingerprint density at radius 3 is 2.67 bits per heavy atom. The summed E-state index contributed by atoms with van der Waals surface area (Å²) in [5, 5.41) is 15.3. The summed E-state index contributed by atoms with van der Waals surface area (Å²) in [6.45, 7) is 6.97. The van der Waals surface area contributed by atoms with E-state index in [1.165, 1.54) is 0 Å². The molecule has 10 heteroatoms. The average molecular weight is 571 g/mol. The van der Waals surface area contributed by atoms with E-state index in [-0.39, 0.29) is 12.1 Å². The number of carbonyl (C=O) groups excluding carboxylic acids is 2. The Morgan fingerprint density at radius 2 is 1.93 bits per heavy atom. The van der Waals surface area contributed by atoms with Crippen molar-refractivity contribution >= 4 is 29.0 Å². The molecule has 1 saturated heterocycles. The van der Waals surface area contributed by atoms with Crippen LogP contribution in [-0.2, 0) is 30.8 Å². The van der Waals surface area contributed by atoms with Gasteiger partial charge in [-0.3, -0.25) is 4.79 Å². The van der Waals surface area contributed by atoms with Crippen molar-refractivity contribution in [2.24, 2.45) is 0 Å². The van der Waals surface area contributed by atoms with Gasteiger partial charge in [-0.25, -0.2) is 14.5 Å². The van der Waals surface area contributed by atoms with E-state index >= 15 is 0 Å². The van der Waals surface area contributed by atoms with Crippen LogP contribution in [0, 0.1) is 0 Å². The lowest BCUT2D eigenvalue weighted by Gasteiger charge is -2.26.